The lowest BCUT2D eigenvalue weighted by Gasteiger charge is -2.17. The average molecular weight is 467 g/mol. The van der Waals surface area contributed by atoms with Crippen molar-refractivity contribution < 1.29 is 19.5 Å². The molecule has 0 saturated heterocycles. The number of rotatable bonds is 8. The fourth-order valence-corrected chi connectivity index (χ4v) is 3.97. The van der Waals surface area contributed by atoms with Crippen LogP contribution >= 0.6 is 23.4 Å². The number of carbonyl (C=O) groups excluding carboxylic acids is 2. The highest BCUT2D eigenvalue weighted by Crippen LogP contribution is 2.36. The average Bonchev–Trinajstić information content (AvgIpc) is 2.77. The number of halogens is 1. The Bertz CT molecular complexity index is 1130. The molecule has 0 heterocycles. The number of carbonyl (C=O) groups is 3. The van der Waals surface area contributed by atoms with Crippen molar-refractivity contribution in [2.75, 3.05) is 10.6 Å². The van der Waals surface area contributed by atoms with Crippen molar-refractivity contribution in [2.45, 2.75) is 10.1 Å². The number of amides is 2. The van der Waals surface area contributed by atoms with Crippen LogP contribution < -0.4 is 10.6 Å². The lowest BCUT2D eigenvalue weighted by atomic mass is 10.1. The van der Waals surface area contributed by atoms with Crippen molar-refractivity contribution in [3.63, 3.8) is 0 Å². The highest BCUT2D eigenvalue weighted by atomic mass is 35.5. The predicted molar refractivity (Wildman–Crippen MR) is 127 cm³/mol. The van der Waals surface area contributed by atoms with Crippen LogP contribution in [0.25, 0.3) is 0 Å². The third-order valence-corrected chi connectivity index (χ3v) is 5.69. The monoisotopic (exact) mass is 466 g/mol. The maximum absolute atomic E-state index is 13.1. The number of thioether (sulfide) groups is 1. The van der Waals surface area contributed by atoms with E-state index in [1.807, 2.05) is 30.3 Å². The minimum Gasteiger partial charge on any atom is -0.478 e. The first-order valence-electron chi connectivity index (χ1n) is 9.51. The SMILES string of the molecule is O=C(O)/C=C/C(=O)Nc1ccc(SC(C(=O)Nc2cccc(Cl)c2)c2ccccc2)cc1. The second-order valence-corrected chi connectivity index (χ2v) is 8.21. The molecule has 3 aromatic carbocycles. The van der Waals surface area contributed by atoms with Crippen LogP contribution in [0.5, 0.6) is 0 Å². The number of hydrogen-bond acceptors (Lipinski definition) is 4. The van der Waals surface area contributed by atoms with Crippen LogP contribution in [0.15, 0.2) is 95.9 Å². The van der Waals surface area contributed by atoms with E-state index >= 15 is 0 Å². The molecule has 0 aliphatic heterocycles. The summed E-state index contributed by atoms with van der Waals surface area (Å²) < 4.78 is 0. The van der Waals surface area contributed by atoms with Crippen molar-refractivity contribution in [1.29, 1.82) is 0 Å². The summed E-state index contributed by atoms with van der Waals surface area (Å²) in [4.78, 5) is 36.1. The van der Waals surface area contributed by atoms with Gasteiger partial charge in [0.2, 0.25) is 11.8 Å². The Kier molecular flexibility index (Phi) is 8.08. The van der Waals surface area contributed by atoms with E-state index in [0.717, 1.165) is 22.6 Å². The van der Waals surface area contributed by atoms with Gasteiger partial charge in [0.25, 0.3) is 0 Å². The van der Waals surface area contributed by atoms with Crippen molar-refractivity contribution in [2.24, 2.45) is 0 Å². The lowest BCUT2D eigenvalue weighted by Crippen LogP contribution is -2.19. The minimum atomic E-state index is -1.20. The second-order valence-electron chi connectivity index (χ2n) is 6.59. The number of anilines is 2. The molecule has 6 nitrogen and oxygen atoms in total. The summed E-state index contributed by atoms with van der Waals surface area (Å²) in [6, 6.07) is 23.3. The van der Waals surface area contributed by atoms with Gasteiger partial charge in [-0.2, -0.15) is 0 Å². The van der Waals surface area contributed by atoms with Gasteiger partial charge in [0.1, 0.15) is 5.25 Å². The first-order valence-corrected chi connectivity index (χ1v) is 10.8. The standard InChI is InChI=1S/C24H19ClN2O4S/c25-17-7-4-8-19(15-17)27-24(31)23(16-5-2-1-3-6-16)32-20-11-9-18(10-12-20)26-21(28)13-14-22(29)30/h1-15,23H,(H,26,28)(H,27,31)(H,29,30)/b14-13+. The molecular formula is C24H19ClN2O4S. The van der Waals surface area contributed by atoms with Gasteiger partial charge in [0.05, 0.1) is 0 Å². The molecule has 1 atom stereocenters. The van der Waals surface area contributed by atoms with Gasteiger partial charge in [0, 0.05) is 33.4 Å². The van der Waals surface area contributed by atoms with Gasteiger partial charge in [-0.1, -0.05) is 48.0 Å². The number of aliphatic carboxylic acids is 1. The molecular weight excluding hydrogens is 448 g/mol. The molecule has 2 amide bonds. The van der Waals surface area contributed by atoms with Gasteiger partial charge in [-0.3, -0.25) is 9.59 Å². The Morgan fingerprint density at radius 2 is 1.56 bits per heavy atom. The Morgan fingerprint density at radius 1 is 0.844 bits per heavy atom. The highest BCUT2D eigenvalue weighted by Gasteiger charge is 2.22. The lowest BCUT2D eigenvalue weighted by molar-refractivity contribution is -0.131. The van der Waals surface area contributed by atoms with Crippen LogP contribution in [0.2, 0.25) is 5.02 Å². The van der Waals surface area contributed by atoms with Crippen LogP contribution in [0.4, 0.5) is 11.4 Å². The normalized spacial score (nSPS) is 11.7. The molecule has 162 valence electrons. The molecule has 3 aromatic rings. The number of benzene rings is 3. The van der Waals surface area contributed by atoms with Crippen molar-refractivity contribution >= 4 is 52.5 Å². The van der Waals surface area contributed by atoms with Gasteiger partial charge in [-0.05, 0) is 48.0 Å². The molecule has 32 heavy (non-hydrogen) atoms. The fraction of sp³-hybridized carbons (Fsp3) is 0.0417. The van der Waals surface area contributed by atoms with E-state index in [9.17, 15) is 14.4 Å². The van der Waals surface area contributed by atoms with Gasteiger partial charge in [-0.25, -0.2) is 4.79 Å². The van der Waals surface area contributed by atoms with Gasteiger partial charge in [-0.15, -0.1) is 11.8 Å². The van der Waals surface area contributed by atoms with Crippen LogP contribution in [-0.2, 0) is 14.4 Å². The summed E-state index contributed by atoms with van der Waals surface area (Å²) in [6.07, 6.45) is 1.71. The van der Waals surface area contributed by atoms with E-state index in [2.05, 4.69) is 10.6 Å². The fourth-order valence-electron chi connectivity index (χ4n) is 2.76. The smallest absolute Gasteiger partial charge is 0.328 e. The van der Waals surface area contributed by atoms with Crippen LogP contribution in [0.1, 0.15) is 10.8 Å². The van der Waals surface area contributed by atoms with E-state index < -0.39 is 17.1 Å². The molecule has 0 fully saturated rings. The van der Waals surface area contributed by atoms with Crippen molar-refractivity contribution in [3.05, 3.63) is 102 Å². The summed E-state index contributed by atoms with van der Waals surface area (Å²) in [5.74, 6) is -1.94. The van der Waals surface area contributed by atoms with Gasteiger partial charge >= 0.3 is 5.97 Å². The number of nitrogens with one attached hydrogen (secondary N) is 2. The van der Waals surface area contributed by atoms with Crippen LogP contribution in [-0.4, -0.2) is 22.9 Å². The summed E-state index contributed by atoms with van der Waals surface area (Å²) in [7, 11) is 0. The molecule has 0 aliphatic carbocycles. The van der Waals surface area contributed by atoms with Crippen LogP contribution in [0.3, 0.4) is 0 Å². The molecule has 3 N–H and O–H groups in total. The van der Waals surface area contributed by atoms with Gasteiger partial charge in [0.15, 0.2) is 0 Å². The Labute approximate surface area is 194 Å². The zero-order valence-electron chi connectivity index (χ0n) is 16.7. The summed E-state index contributed by atoms with van der Waals surface area (Å²) in [6.45, 7) is 0. The number of carboxylic acid groups (broad SMARTS) is 1. The molecule has 0 radical (unpaired) electrons. The molecule has 1 unspecified atom stereocenters. The Hall–Kier alpha value is -3.55. The van der Waals surface area contributed by atoms with Crippen molar-refractivity contribution in [3.8, 4) is 0 Å². The topological polar surface area (TPSA) is 95.5 Å². The zero-order chi connectivity index (χ0) is 22.9. The minimum absolute atomic E-state index is 0.195. The summed E-state index contributed by atoms with van der Waals surface area (Å²) >= 11 is 7.39. The molecule has 0 aromatic heterocycles. The first kappa shape index (κ1) is 23.1. The van der Waals surface area contributed by atoms with E-state index in [1.54, 1.807) is 48.5 Å². The molecule has 0 aliphatic rings. The quantitative estimate of drug-likeness (QED) is 0.305. The van der Waals surface area contributed by atoms with E-state index in [1.165, 1.54) is 11.8 Å². The maximum Gasteiger partial charge on any atom is 0.328 e. The third-order valence-electron chi connectivity index (χ3n) is 4.19. The molecule has 3 rings (SSSR count). The van der Waals surface area contributed by atoms with E-state index in [4.69, 9.17) is 16.7 Å². The van der Waals surface area contributed by atoms with Gasteiger partial charge < -0.3 is 15.7 Å². The number of carboxylic acids is 1. The molecule has 0 spiro atoms. The number of hydrogen-bond donors (Lipinski definition) is 3. The highest BCUT2D eigenvalue weighted by molar-refractivity contribution is 8.00. The summed E-state index contributed by atoms with van der Waals surface area (Å²) in [5.41, 5.74) is 1.96. The molecule has 8 heteroatoms. The largest absolute Gasteiger partial charge is 0.478 e. The second kappa shape index (κ2) is 11.2. The van der Waals surface area contributed by atoms with E-state index in [-0.39, 0.29) is 5.91 Å². The Morgan fingerprint density at radius 3 is 2.22 bits per heavy atom. The predicted octanol–water partition coefficient (Wildman–Crippen LogP) is 5.39. The van der Waals surface area contributed by atoms with Crippen molar-refractivity contribution in [1.82, 2.24) is 0 Å². The zero-order valence-corrected chi connectivity index (χ0v) is 18.3. The molecule has 0 bridgehead atoms. The van der Waals surface area contributed by atoms with E-state index in [0.29, 0.717) is 16.4 Å². The Balaban J connectivity index is 1.74. The summed E-state index contributed by atoms with van der Waals surface area (Å²) in [5, 5.41) is 14.1. The third kappa shape index (κ3) is 7.01. The maximum atomic E-state index is 13.1. The molecule has 0 saturated carbocycles. The first-order chi connectivity index (χ1) is 15.4. The van der Waals surface area contributed by atoms with Crippen LogP contribution in [0, 0.1) is 0 Å².